The number of halogens is 1. The number of aryl methyl sites for hydroxylation is 3. The van der Waals surface area contributed by atoms with Gasteiger partial charge in [0, 0.05) is 35.1 Å². The third-order valence-corrected chi connectivity index (χ3v) is 3.98. The molecule has 0 bridgehead atoms. The molecule has 1 heterocycles. The van der Waals surface area contributed by atoms with Gasteiger partial charge in [0.1, 0.15) is 5.82 Å². The first-order chi connectivity index (χ1) is 10.0. The molecule has 0 unspecified atom stereocenters. The lowest BCUT2D eigenvalue weighted by atomic mass is 10.1. The van der Waals surface area contributed by atoms with Crippen LogP contribution in [-0.2, 0) is 6.54 Å². The second kappa shape index (κ2) is 5.53. The maximum absolute atomic E-state index is 13.4. The summed E-state index contributed by atoms with van der Waals surface area (Å²) in [6, 6.07) is 5.68. The van der Waals surface area contributed by atoms with Gasteiger partial charge in [-0.3, -0.25) is 0 Å². The van der Waals surface area contributed by atoms with Crippen molar-refractivity contribution in [3.8, 4) is 11.4 Å². The van der Waals surface area contributed by atoms with Gasteiger partial charge < -0.3 is 5.32 Å². The molecule has 3 rings (SSSR count). The normalized spacial score (nSPS) is 14.5. The van der Waals surface area contributed by atoms with Gasteiger partial charge >= 0.3 is 0 Å². The summed E-state index contributed by atoms with van der Waals surface area (Å²) in [6.45, 7) is 6.61. The van der Waals surface area contributed by atoms with Crippen molar-refractivity contribution in [2.24, 2.45) is 0 Å². The van der Waals surface area contributed by atoms with Crippen molar-refractivity contribution in [1.29, 1.82) is 0 Å². The van der Waals surface area contributed by atoms with Gasteiger partial charge in [0.05, 0.1) is 0 Å². The van der Waals surface area contributed by atoms with Crippen LogP contribution in [0.15, 0.2) is 18.2 Å². The number of hydrogen-bond donors (Lipinski definition) is 1. The van der Waals surface area contributed by atoms with Gasteiger partial charge in [-0.15, -0.1) is 0 Å². The van der Waals surface area contributed by atoms with Crippen LogP contribution in [0.1, 0.15) is 35.4 Å². The molecular formula is C17H20FN3. The first-order valence-corrected chi connectivity index (χ1v) is 7.38. The Balaban J connectivity index is 1.90. The van der Waals surface area contributed by atoms with Crippen molar-refractivity contribution in [3.05, 3.63) is 46.5 Å². The zero-order chi connectivity index (χ0) is 15.0. The summed E-state index contributed by atoms with van der Waals surface area (Å²) in [5.74, 6) is 0.473. The number of aromatic nitrogens is 2. The van der Waals surface area contributed by atoms with E-state index in [1.54, 1.807) is 19.1 Å². The molecule has 0 aliphatic heterocycles. The summed E-state index contributed by atoms with van der Waals surface area (Å²) >= 11 is 0. The van der Waals surface area contributed by atoms with Gasteiger partial charge in [-0.2, -0.15) is 0 Å². The predicted molar refractivity (Wildman–Crippen MR) is 81.5 cm³/mol. The number of benzene rings is 1. The highest BCUT2D eigenvalue weighted by molar-refractivity contribution is 5.57. The van der Waals surface area contributed by atoms with E-state index in [1.165, 1.54) is 24.5 Å². The van der Waals surface area contributed by atoms with Crippen molar-refractivity contribution in [2.75, 3.05) is 0 Å². The van der Waals surface area contributed by atoms with Crippen LogP contribution >= 0.6 is 0 Å². The van der Waals surface area contributed by atoms with E-state index in [2.05, 4.69) is 15.3 Å². The smallest absolute Gasteiger partial charge is 0.159 e. The molecule has 21 heavy (non-hydrogen) atoms. The molecule has 0 spiro atoms. The highest BCUT2D eigenvalue weighted by Gasteiger charge is 2.21. The first kappa shape index (κ1) is 14.1. The van der Waals surface area contributed by atoms with Crippen LogP contribution in [0.25, 0.3) is 11.4 Å². The Kier molecular flexibility index (Phi) is 3.72. The van der Waals surface area contributed by atoms with Crippen LogP contribution in [0.4, 0.5) is 4.39 Å². The van der Waals surface area contributed by atoms with Gasteiger partial charge in [0.15, 0.2) is 5.82 Å². The Bertz CT molecular complexity index is 655. The Labute approximate surface area is 124 Å². The van der Waals surface area contributed by atoms with Crippen LogP contribution in [0, 0.1) is 26.6 Å². The van der Waals surface area contributed by atoms with Crippen LogP contribution in [-0.4, -0.2) is 16.0 Å². The van der Waals surface area contributed by atoms with Crippen LogP contribution in [0.3, 0.4) is 0 Å². The van der Waals surface area contributed by atoms with E-state index in [9.17, 15) is 4.39 Å². The standard InChI is InChI=1S/C17H20FN3/c1-10-8-13(4-7-16(10)18)17-20-11(2)15(12(3)21-17)9-19-14-5-6-14/h4,7-8,14,19H,5-6,9H2,1-3H3. The van der Waals surface area contributed by atoms with E-state index in [0.717, 1.165) is 23.5 Å². The zero-order valence-corrected chi connectivity index (χ0v) is 12.7. The minimum Gasteiger partial charge on any atom is -0.310 e. The molecule has 4 heteroatoms. The maximum Gasteiger partial charge on any atom is 0.159 e. The summed E-state index contributed by atoms with van der Waals surface area (Å²) in [5, 5.41) is 3.50. The van der Waals surface area contributed by atoms with E-state index < -0.39 is 0 Å². The average molecular weight is 285 g/mol. The van der Waals surface area contributed by atoms with Crippen LogP contribution in [0.2, 0.25) is 0 Å². The highest BCUT2D eigenvalue weighted by atomic mass is 19.1. The van der Waals surface area contributed by atoms with Crippen molar-refractivity contribution >= 4 is 0 Å². The number of hydrogen-bond acceptors (Lipinski definition) is 3. The van der Waals surface area contributed by atoms with Gasteiger partial charge in [0.2, 0.25) is 0 Å². The molecular weight excluding hydrogens is 265 g/mol. The molecule has 0 saturated heterocycles. The Morgan fingerprint density at radius 2 is 1.81 bits per heavy atom. The summed E-state index contributed by atoms with van der Waals surface area (Å²) in [5.41, 5.74) is 4.64. The minimum absolute atomic E-state index is 0.197. The van der Waals surface area contributed by atoms with Crippen LogP contribution in [0.5, 0.6) is 0 Å². The summed E-state index contributed by atoms with van der Waals surface area (Å²) in [4.78, 5) is 9.20. The fraction of sp³-hybridized carbons (Fsp3) is 0.412. The number of nitrogens with zero attached hydrogens (tertiary/aromatic N) is 2. The van der Waals surface area contributed by atoms with E-state index in [4.69, 9.17) is 0 Å². The molecule has 1 N–H and O–H groups in total. The third kappa shape index (κ3) is 3.10. The van der Waals surface area contributed by atoms with E-state index >= 15 is 0 Å². The largest absolute Gasteiger partial charge is 0.310 e. The van der Waals surface area contributed by atoms with Crippen molar-refractivity contribution in [2.45, 2.75) is 46.2 Å². The molecule has 1 aromatic heterocycles. The summed E-state index contributed by atoms with van der Waals surface area (Å²) in [7, 11) is 0. The van der Waals surface area contributed by atoms with Gasteiger partial charge in [0.25, 0.3) is 0 Å². The predicted octanol–water partition coefficient (Wildman–Crippen LogP) is 3.46. The maximum atomic E-state index is 13.4. The van der Waals surface area contributed by atoms with Crippen molar-refractivity contribution in [1.82, 2.24) is 15.3 Å². The minimum atomic E-state index is -0.197. The molecule has 1 aliphatic rings. The van der Waals surface area contributed by atoms with E-state index in [1.807, 2.05) is 13.8 Å². The lowest BCUT2D eigenvalue weighted by Gasteiger charge is -2.12. The first-order valence-electron chi connectivity index (χ1n) is 7.38. The van der Waals surface area contributed by atoms with Gasteiger partial charge in [-0.25, -0.2) is 14.4 Å². The quantitative estimate of drug-likeness (QED) is 0.935. The number of rotatable bonds is 4. The van der Waals surface area contributed by atoms with E-state index in [-0.39, 0.29) is 5.82 Å². The zero-order valence-electron chi connectivity index (χ0n) is 12.7. The highest BCUT2D eigenvalue weighted by Crippen LogP contribution is 2.23. The molecule has 1 saturated carbocycles. The average Bonchev–Trinajstić information content (AvgIpc) is 3.25. The van der Waals surface area contributed by atoms with Gasteiger partial charge in [-0.1, -0.05) is 0 Å². The SMILES string of the molecule is Cc1cc(-c2nc(C)c(CNC3CC3)c(C)n2)ccc1F. The Morgan fingerprint density at radius 1 is 1.14 bits per heavy atom. The molecule has 0 atom stereocenters. The van der Waals surface area contributed by atoms with Gasteiger partial charge in [-0.05, 0) is 57.4 Å². The molecule has 1 aromatic carbocycles. The molecule has 0 radical (unpaired) electrons. The van der Waals surface area contributed by atoms with E-state index in [0.29, 0.717) is 17.4 Å². The molecule has 1 aliphatic carbocycles. The Hall–Kier alpha value is -1.81. The Morgan fingerprint density at radius 3 is 2.38 bits per heavy atom. The molecule has 110 valence electrons. The van der Waals surface area contributed by atoms with Crippen molar-refractivity contribution < 1.29 is 4.39 Å². The summed E-state index contributed by atoms with van der Waals surface area (Å²) in [6.07, 6.45) is 2.54. The molecule has 0 amide bonds. The molecule has 3 nitrogen and oxygen atoms in total. The molecule has 1 fully saturated rings. The summed E-state index contributed by atoms with van der Waals surface area (Å²) < 4.78 is 13.4. The second-order valence-electron chi connectivity index (χ2n) is 5.82. The monoisotopic (exact) mass is 285 g/mol. The fourth-order valence-corrected chi connectivity index (χ4v) is 2.44. The topological polar surface area (TPSA) is 37.8 Å². The fourth-order valence-electron chi connectivity index (χ4n) is 2.44. The van der Waals surface area contributed by atoms with Crippen molar-refractivity contribution in [3.63, 3.8) is 0 Å². The second-order valence-corrected chi connectivity index (χ2v) is 5.82. The lowest BCUT2D eigenvalue weighted by molar-refractivity contribution is 0.618. The number of nitrogens with one attached hydrogen (secondary N) is 1. The third-order valence-electron chi connectivity index (χ3n) is 3.98. The van der Waals surface area contributed by atoms with Crippen LogP contribution < -0.4 is 5.32 Å². The lowest BCUT2D eigenvalue weighted by Crippen LogP contribution is -2.18. The molecule has 2 aromatic rings.